The zero-order valence-electron chi connectivity index (χ0n) is 12.0. The number of carbonyl (C=O) groups is 1. The molecule has 3 rings (SSSR count). The van der Waals surface area contributed by atoms with Gasteiger partial charge in [0.15, 0.2) is 0 Å². The molecule has 1 amide bonds. The van der Waals surface area contributed by atoms with Gasteiger partial charge in [-0.1, -0.05) is 0 Å². The second kappa shape index (κ2) is 6.39. The summed E-state index contributed by atoms with van der Waals surface area (Å²) < 4.78 is 1.94. The third-order valence-electron chi connectivity index (χ3n) is 4.32. The summed E-state index contributed by atoms with van der Waals surface area (Å²) in [4.78, 5) is 14.2. The molecule has 5 nitrogen and oxygen atoms in total. The Hall–Kier alpha value is -1.36. The molecule has 2 fully saturated rings. The highest BCUT2D eigenvalue weighted by Gasteiger charge is 2.28. The van der Waals surface area contributed by atoms with Crippen LogP contribution in [0.4, 0.5) is 0 Å². The number of aromatic nitrogens is 2. The first-order valence-electron chi connectivity index (χ1n) is 7.80. The van der Waals surface area contributed by atoms with Crippen molar-refractivity contribution in [1.82, 2.24) is 20.0 Å². The van der Waals surface area contributed by atoms with Crippen molar-refractivity contribution in [2.75, 3.05) is 19.6 Å². The highest BCUT2D eigenvalue weighted by molar-refractivity contribution is 5.76. The van der Waals surface area contributed by atoms with Gasteiger partial charge in [-0.3, -0.25) is 9.48 Å². The number of amides is 1. The van der Waals surface area contributed by atoms with Gasteiger partial charge < -0.3 is 10.2 Å². The van der Waals surface area contributed by atoms with Crippen molar-refractivity contribution in [3.05, 3.63) is 18.5 Å². The molecule has 1 aromatic rings. The smallest absolute Gasteiger partial charge is 0.222 e. The molecule has 1 unspecified atom stereocenters. The molecule has 2 heterocycles. The fourth-order valence-electron chi connectivity index (χ4n) is 2.86. The zero-order chi connectivity index (χ0) is 13.8. The molecule has 20 heavy (non-hydrogen) atoms. The van der Waals surface area contributed by atoms with Crippen molar-refractivity contribution >= 4 is 5.91 Å². The van der Waals surface area contributed by atoms with Crippen LogP contribution in [-0.2, 0) is 11.3 Å². The average molecular weight is 276 g/mol. The summed E-state index contributed by atoms with van der Waals surface area (Å²) in [5, 5.41) is 7.77. The Morgan fingerprint density at radius 3 is 2.95 bits per heavy atom. The first-order valence-corrected chi connectivity index (χ1v) is 7.80. The van der Waals surface area contributed by atoms with Crippen molar-refractivity contribution in [1.29, 1.82) is 0 Å². The summed E-state index contributed by atoms with van der Waals surface area (Å²) >= 11 is 0. The molecule has 0 radical (unpaired) electrons. The van der Waals surface area contributed by atoms with E-state index in [-0.39, 0.29) is 0 Å². The highest BCUT2D eigenvalue weighted by atomic mass is 16.2. The van der Waals surface area contributed by atoms with E-state index in [4.69, 9.17) is 0 Å². The molecule has 2 aliphatic rings. The fraction of sp³-hybridized carbons (Fsp3) is 0.733. The fourth-order valence-corrected chi connectivity index (χ4v) is 2.86. The average Bonchev–Trinajstić information content (AvgIpc) is 3.15. The molecule has 1 aromatic heterocycles. The summed E-state index contributed by atoms with van der Waals surface area (Å²) in [6.07, 6.45) is 9.17. The van der Waals surface area contributed by atoms with Gasteiger partial charge in [-0.05, 0) is 37.7 Å². The van der Waals surface area contributed by atoms with E-state index < -0.39 is 0 Å². The molecular formula is C15H24N4O. The summed E-state index contributed by atoms with van der Waals surface area (Å²) in [7, 11) is 0. The monoisotopic (exact) mass is 276 g/mol. The maximum absolute atomic E-state index is 12.1. The van der Waals surface area contributed by atoms with Crippen LogP contribution < -0.4 is 5.32 Å². The largest absolute Gasteiger partial charge is 0.342 e. The van der Waals surface area contributed by atoms with Gasteiger partial charge in [-0.15, -0.1) is 0 Å². The highest BCUT2D eigenvalue weighted by Crippen LogP contribution is 2.30. The third kappa shape index (κ3) is 3.82. The van der Waals surface area contributed by atoms with E-state index in [1.165, 1.54) is 12.8 Å². The minimum absolute atomic E-state index is 0.355. The summed E-state index contributed by atoms with van der Waals surface area (Å²) in [5.74, 6) is 1.15. The Bertz CT molecular complexity index is 427. The number of rotatable bonds is 6. The number of nitrogens with zero attached hydrogens (tertiary/aromatic N) is 3. The molecule has 110 valence electrons. The number of nitrogens with one attached hydrogen (secondary N) is 1. The number of hydrogen-bond donors (Lipinski definition) is 1. The van der Waals surface area contributed by atoms with Gasteiger partial charge in [0.05, 0.1) is 6.54 Å². The molecule has 1 aliphatic carbocycles. The standard InChI is InChI=1S/C15H24N4O/c20-15-5-4-14(6-10-18(15)12-13-2-3-13)16-8-11-19-9-1-7-17-19/h1,7,9,13-14,16H,2-6,8,10-12H2. The van der Waals surface area contributed by atoms with Crippen LogP contribution in [0.2, 0.25) is 0 Å². The maximum Gasteiger partial charge on any atom is 0.222 e. The zero-order valence-corrected chi connectivity index (χ0v) is 12.0. The molecule has 1 atom stereocenters. The van der Waals surface area contributed by atoms with Gasteiger partial charge in [-0.2, -0.15) is 5.10 Å². The summed E-state index contributed by atoms with van der Waals surface area (Å²) in [5.41, 5.74) is 0. The van der Waals surface area contributed by atoms with Gasteiger partial charge in [0.2, 0.25) is 5.91 Å². The van der Waals surface area contributed by atoms with E-state index in [9.17, 15) is 4.79 Å². The molecule has 1 saturated heterocycles. The van der Waals surface area contributed by atoms with Gasteiger partial charge >= 0.3 is 0 Å². The topological polar surface area (TPSA) is 50.2 Å². The first kappa shape index (κ1) is 13.6. The molecule has 1 saturated carbocycles. The lowest BCUT2D eigenvalue weighted by Gasteiger charge is -2.20. The minimum Gasteiger partial charge on any atom is -0.342 e. The van der Waals surface area contributed by atoms with Crippen molar-refractivity contribution in [2.24, 2.45) is 5.92 Å². The second-order valence-electron chi connectivity index (χ2n) is 6.03. The predicted octanol–water partition coefficient (Wildman–Crippen LogP) is 1.26. The van der Waals surface area contributed by atoms with Crippen LogP contribution in [-0.4, -0.2) is 46.3 Å². The molecule has 5 heteroatoms. The van der Waals surface area contributed by atoms with E-state index >= 15 is 0 Å². The van der Waals surface area contributed by atoms with Crippen LogP contribution in [0, 0.1) is 5.92 Å². The summed E-state index contributed by atoms with van der Waals surface area (Å²) in [6.45, 7) is 3.74. The van der Waals surface area contributed by atoms with Crippen LogP contribution in [0.3, 0.4) is 0 Å². The van der Waals surface area contributed by atoms with Crippen LogP contribution in [0.15, 0.2) is 18.5 Å². The molecule has 1 N–H and O–H groups in total. The minimum atomic E-state index is 0.355. The van der Waals surface area contributed by atoms with E-state index in [2.05, 4.69) is 15.3 Å². The van der Waals surface area contributed by atoms with Crippen LogP contribution >= 0.6 is 0 Å². The van der Waals surface area contributed by atoms with Crippen LogP contribution in [0.5, 0.6) is 0 Å². The lowest BCUT2D eigenvalue weighted by atomic mass is 10.1. The Kier molecular flexibility index (Phi) is 4.35. The lowest BCUT2D eigenvalue weighted by molar-refractivity contribution is -0.130. The number of carbonyl (C=O) groups excluding carboxylic acids is 1. The first-order chi connectivity index (χ1) is 9.81. The quantitative estimate of drug-likeness (QED) is 0.851. The van der Waals surface area contributed by atoms with Crippen molar-refractivity contribution in [2.45, 2.75) is 44.7 Å². The second-order valence-corrected chi connectivity index (χ2v) is 6.03. The van der Waals surface area contributed by atoms with Gasteiger partial charge in [0.25, 0.3) is 0 Å². The van der Waals surface area contributed by atoms with Crippen LogP contribution in [0.25, 0.3) is 0 Å². The predicted molar refractivity (Wildman–Crippen MR) is 77.2 cm³/mol. The number of hydrogen-bond acceptors (Lipinski definition) is 3. The summed E-state index contributed by atoms with van der Waals surface area (Å²) in [6, 6.07) is 2.42. The van der Waals surface area contributed by atoms with Crippen molar-refractivity contribution in [3.63, 3.8) is 0 Å². The van der Waals surface area contributed by atoms with E-state index in [0.717, 1.165) is 44.9 Å². The maximum atomic E-state index is 12.1. The molecule has 1 aliphatic heterocycles. The Morgan fingerprint density at radius 1 is 1.30 bits per heavy atom. The van der Waals surface area contributed by atoms with Crippen molar-refractivity contribution < 1.29 is 4.79 Å². The van der Waals surface area contributed by atoms with E-state index in [0.29, 0.717) is 18.4 Å². The number of likely N-dealkylation sites (tertiary alicyclic amines) is 1. The van der Waals surface area contributed by atoms with E-state index in [1.807, 2.05) is 16.9 Å². The lowest BCUT2D eigenvalue weighted by Crippen LogP contribution is -2.34. The third-order valence-corrected chi connectivity index (χ3v) is 4.32. The Labute approximate surface area is 120 Å². The van der Waals surface area contributed by atoms with E-state index in [1.54, 1.807) is 6.20 Å². The molecule has 0 bridgehead atoms. The normalized spacial score (nSPS) is 23.9. The van der Waals surface area contributed by atoms with Gasteiger partial charge in [-0.25, -0.2) is 0 Å². The van der Waals surface area contributed by atoms with Gasteiger partial charge in [0.1, 0.15) is 0 Å². The van der Waals surface area contributed by atoms with Crippen molar-refractivity contribution in [3.8, 4) is 0 Å². The Morgan fingerprint density at radius 2 is 2.20 bits per heavy atom. The molecule has 0 spiro atoms. The molecule has 0 aromatic carbocycles. The van der Waals surface area contributed by atoms with Crippen LogP contribution in [0.1, 0.15) is 32.1 Å². The SMILES string of the molecule is O=C1CCC(NCCn2cccn2)CCN1CC1CC1. The molecular weight excluding hydrogens is 252 g/mol. The Balaban J connectivity index is 1.40. The van der Waals surface area contributed by atoms with Gasteiger partial charge in [0, 0.05) is 44.5 Å².